The molecule has 3 rings (SSSR count). The fraction of sp³-hybridized carbons (Fsp3) is 0.471. The van der Waals surface area contributed by atoms with Crippen LogP contribution in [0.25, 0.3) is 11.0 Å². The fourth-order valence-electron chi connectivity index (χ4n) is 3.01. The molecule has 1 aliphatic rings. The summed E-state index contributed by atoms with van der Waals surface area (Å²) in [6.45, 7) is 0. The molecule has 1 saturated carbocycles. The minimum Gasteiger partial charge on any atom is -0.335 e. The largest absolute Gasteiger partial charge is 0.335 e. The first-order chi connectivity index (χ1) is 11.6. The minimum absolute atomic E-state index is 0.162. The predicted octanol–water partition coefficient (Wildman–Crippen LogP) is 2.82. The Morgan fingerprint density at radius 1 is 1.25 bits per heavy atom. The Morgan fingerprint density at radius 3 is 2.75 bits per heavy atom. The van der Waals surface area contributed by atoms with Gasteiger partial charge in [0, 0.05) is 13.1 Å². The average Bonchev–Trinajstić information content (AvgIpc) is 2.90. The van der Waals surface area contributed by atoms with E-state index in [9.17, 15) is 9.59 Å². The molecule has 0 spiro atoms. The van der Waals surface area contributed by atoms with Crippen molar-refractivity contribution < 1.29 is 9.59 Å². The number of fused-ring (bicyclic) bond motifs is 1. The van der Waals surface area contributed by atoms with E-state index in [1.165, 1.54) is 18.2 Å². The molecular weight excluding hydrogens is 324 g/mol. The summed E-state index contributed by atoms with van der Waals surface area (Å²) in [4.78, 5) is 28.3. The molecule has 24 heavy (non-hydrogen) atoms. The second-order valence-electron chi connectivity index (χ2n) is 6.09. The number of hydrogen-bond donors (Lipinski definition) is 2. The molecule has 1 aliphatic carbocycles. The third-order valence-corrected chi connectivity index (χ3v) is 5.30. The van der Waals surface area contributed by atoms with Crippen LogP contribution in [0.4, 0.5) is 4.79 Å². The number of aryl methyl sites for hydroxylation is 1. The summed E-state index contributed by atoms with van der Waals surface area (Å²) in [5.41, 5.74) is 1.92. The lowest BCUT2D eigenvalue weighted by molar-refractivity contribution is -0.117. The molecular formula is C17H22N4O2S. The molecule has 0 bridgehead atoms. The molecule has 0 radical (unpaired) electrons. The number of hydrogen-bond acceptors (Lipinski definition) is 4. The lowest BCUT2D eigenvalue weighted by Gasteiger charge is -2.22. The Labute approximate surface area is 145 Å². The molecule has 1 aromatic heterocycles. The maximum absolute atomic E-state index is 12.0. The summed E-state index contributed by atoms with van der Waals surface area (Å²) >= 11 is 1.33. The Bertz CT molecular complexity index is 737. The zero-order valence-electron chi connectivity index (χ0n) is 13.7. The molecule has 1 heterocycles. The van der Waals surface area contributed by atoms with Gasteiger partial charge in [0.05, 0.1) is 16.8 Å². The second kappa shape index (κ2) is 7.70. The summed E-state index contributed by atoms with van der Waals surface area (Å²) in [6, 6.07) is 7.63. The first-order valence-electron chi connectivity index (χ1n) is 8.28. The highest BCUT2D eigenvalue weighted by Gasteiger charge is 2.17. The first-order valence-corrected chi connectivity index (χ1v) is 9.26. The van der Waals surface area contributed by atoms with Crippen LogP contribution in [0.5, 0.6) is 0 Å². The number of imidazole rings is 1. The molecule has 0 unspecified atom stereocenters. The SMILES string of the molecule is Cn1c(SCC(=O)NC(=O)NC2CCCCC2)nc2ccccc21. The van der Waals surface area contributed by atoms with Crippen LogP contribution >= 0.6 is 11.8 Å². The normalized spacial score (nSPS) is 15.4. The Kier molecular flexibility index (Phi) is 5.40. The zero-order valence-corrected chi connectivity index (χ0v) is 14.6. The zero-order chi connectivity index (χ0) is 16.9. The van der Waals surface area contributed by atoms with E-state index in [-0.39, 0.29) is 17.7 Å². The number of aromatic nitrogens is 2. The number of nitrogens with one attached hydrogen (secondary N) is 2. The molecule has 0 atom stereocenters. The number of para-hydroxylation sites is 2. The van der Waals surface area contributed by atoms with E-state index < -0.39 is 6.03 Å². The lowest BCUT2D eigenvalue weighted by Crippen LogP contribution is -2.45. The maximum Gasteiger partial charge on any atom is 0.321 e. The molecule has 2 N–H and O–H groups in total. The Hall–Kier alpha value is -2.02. The van der Waals surface area contributed by atoms with Gasteiger partial charge in [-0.25, -0.2) is 9.78 Å². The summed E-state index contributed by atoms with van der Waals surface area (Å²) in [5.74, 6) is -0.143. The van der Waals surface area contributed by atoms with E-state index in [1.807, 2.05) is 35.9 Å². The monoisotopic (exact) mass is 346 g/mol. The van der Waals surface area contributed by atoms with Crippen molar-refractivity contribution >= 4 is 34.7 Å². The van der Waals surface area contributed by atoms with E-state index in [2.05, 4.69) is 15.6 Å². The van der Waals surface area contributed by atoms with Crippen LogP contribution in [0.1, 0.15) is 32.1 Å². The maximum atomic E-state index is 12.0. The van der Waals surface area contributed by atoms with Gasteiger partial charge < -0.3 is 9.88 Å². The van der Waals surface area contributed by atoms with Crippen LogP contribution in [0, 0.1) is 0 Å². The molecule has 0 aliphatic heterocycles. The van der Waals surface area contributed by atoms with E-state index >= 15 is 0 Å². The standard InChI is InChI=1S/C17H22N4O2S/c1-21-14-10-6-5-9-13(14)19-17(21)24-11-15(22)20-16(23)18-12-7-3-2-4-8-12/h5-6,9-10,12H,2-4,7-8,11H2,1H3,(H2,18,20,22,23). The molecule has 3 amide bonds. The fourth-order valence-corrected chi connectivity index (χ4v) is 3.80. The van der Waals surface area contributed by atoms with Crippen molar-refractivity contribution in [3.8, 4) is 0 Å². The summed E-state index contributed by atoms with van der Waals surface area (Å²) < 4.78 is 1.95. The van der Waals surface area contributed by atoms with E-state index in [1.54, 1.807) is 0 Å². The quantitative estimate of drug-likeness (QED) is 0.835. The highest BCUT2D eigenvalue weighted by atomic mass is 32.2. The van der Waals surface area contributed by atoms with Crippen molar-refractivity contribution in [3.05, 3.63) is 24.3 Å². The number of amides is 3. The predicted molar refractivity (Wildman–Crippen MR) is 95.0 cm³/mol. The van der Waals surface area contributed by atoms with Crippen molar-refractivity contribution in [3.63, 3.8) is 0 Å². The molecule has 2 aromatic rings. The van der Waals surface area contributed by atoms with Crippen LogP contribution in [-0.4, -0.2) is 33.3 Å². The van der Waals surface area contributed by atoms with E-state index in [4.69, 9.17) is 0 Å². The van der Waals surface area contributed by atoms with Gasteiger partial charge in [-0.2, -0.15) is 0 Å². The number of nitrogens with zero attached hydrogens (tertiary/aromatic N) is 2. The number of imide groups is 1. The van der Waals surface area contributed by atoms with Gasteiger partial charge in [0.2, 0.25) is 5.91 Å². The van der Waals surface area contributed by atoms with Gasteiger partial charge in [-0.1, -0.05) is 43.2 Å². The van der Waals surface area contributed by atoms with Gasteiger partial charge in [-0.15, -0.1) is 0 Å². The summed E-state index contributed by atoms with van der Waals surface area (Å²) in [6.07, 6.45) is 5.50. The first kappa shape index (κ1) is 16.8. The summed E-state index contributed by atoms with van der Waals surface area (Å²) in [7, 11) is 1.92. The minimum atomic E-state index is -0.391. The van der Waals surface area contributed by atoms with Gasteiger partial charge in [-0.3, -0.25) is 10.1 Å². The topological polar surface area (TPSA) is 76.0 Å². The van der Waals surface area contributed by atoms with Crippen LogP contribution in [-0.2, 0) is 11.8 Å². The van der Waals surface area contributed by atoms with Gasteiger partial charge in [0.25, 0.3) is 0 Å². The van der Waals surface area contributed by atoms with Crippen molar-refractivity contribution in [2.24, 2.45) is 7.05 Å². The molecule has 1 fully saturated rings. The number of urea groups is 1. The van der Waals surface area contributed by atoms with Crippen molar-refractivity contribution in [2.45, 2.75) is 43.3 Å². The highest BCUT2D eigenvalue weighted by Crippen LogP contribution is 2.22. The van der Waals surface area contributed by atoms with Gasteiger partial charge in [0.15, 0.2) is 5.16 Å². The van der Waals surface area contributed by atoms with Gasteiger partial charge >= 0.3 is 6.03 Å². The Balaban J connectivity index is 1.49. The molecule has 0 saturated heterocycles. The molecule has 7 heteroatoms. The average molecular weight is 346 g/mol. The highest BCUT2D eigenvalue weighted by molar-refractivity contribution is 7.99. The summed E-state index contributed by atoms with van der Waals surface area (Å²) in [5, 5.41) is 6.05. The smallest absolute Gasteiger partial charge is 0.321 e. The van der Waals surface area contributed by atoms with Crippen molar-refractivity contribution in [2.75, 3.05) is 5.75 Å². The number of benzene rings is 1. The number of carbonyl (C=O) groups is 2. The number of thioether (sulfide) groups is 1. The third kappa shape index (κ3) is 4.08. The van der Waals surface area contributed by atoms with E-state index in [0.29, 0.717) is 0 Å². The molecule has 1 aromatic carbocycles. The van der Waals surface area contributed by atoms with Crippen LogP contribution < -0.4 is 10.6 Å². The van der Waals surface area contributed by atoms with Gasteiger partial charge in [-0.05, 0) is 25.0 Å². The van der Waals surface area contributed by atoms with E-state index in [0.717, 1.165) is 41.9 Å². The van der Waals surface area contributed by atoms with Crippen molar-refractivity contribution in [1.82, 2.24) is 20.2 Å². The number of carbonyl (C=O) groups excluding carboxylic acids is 2. The lowest BCUT2D eigenvalue weighted by atomic mass is 9.96. The molecule has 6 nitrogen and oxygen atoms in total. The number of rotatable bonds is 4. The van der Waals surface area contributed by atoms with Crippen LogP contribution in [0.2, 0.25) is 0 Å². The second-order valence-corrected chi connectivity index (χ2v) is 7.03. The third-order valence-electron chi connectivity index (χ3n) is 4.27. The Morgan fingerprint density at radius 2 is 2.00 bits per heavy atom. The van der Waals surface area contributed by atoms with Crippen LogP contribution in [0.3, 0.4) is 0 Å². The van der Waals surface area contributed by atoms with Crippen molar-refractivity contribution in [1.29, 1.82) is 0 Å². The molecule has 128 valence electrons. The van der Waals surface area contributed by atoms with Crippen LogP contribution in [0.15, 0.2) is 29.4 Å². The van der Waals surface area contributed by atoms with Gasteiger partial charge in [0.1, 0.15) is 0 Å².